The van der Waals surface area contributed by atoms with Gasteiger partial charge in [-0.2, -0.15) is 0 Å². The first-order valence-electron chi connectivity index (χ1n) is 11.9. The minimum Gasteiger partial charge on any atom is -0.453 e. The highest BCUT2D eigenvalue weighted by atomic mass is 16.7. The number of aromatic amines is 1. The highest BCUT2D eigenvalue weighted by molar-refractivity contribution is 6.62. The van der Waals surface area contributed by atoms with Crippen LogP contribution in [0.25, 0.3) is 11.0 Å². The van der Waals surface area contributed by atoms with Crippen molar-refractivity contribution < 1.29 is 23.6 Å². The maximum atomic E-state index is 13.4. The maximum absolute atomic E-state index is 13.4. The smallest absolute Gasteiger partial charge is 0.453 e. The van der Waals surface area contributed by atoms with Gasteiger partial charge in [-0.05, 0) is 64.1 Å². The molecule has 4 rings (SSSR count). The van der Waals surface area contributed by atoms with E-state index in [1.54, 1.807) is 0 Å². The number of benzene rings is 1. The molecule has 2 N–H and O–H groups in total. The van der Waals surface area contributed by atoms with E-state index in [0.29, 0.717) is 6.54 Å². The highest BCUT2D eigenvalue weighted by Gasteiger charge is 2.51. The van der Waals surface area contributed by atoms with Crippen LogP contribution in [0.1, 0.15) is 66.3 Å². The molecule has 2 aromatic rings. The molecule has 0 aliphatic carbocycles. The third-order valence-corrected chi connectivity index (χ3v) is 7.29. The van der Waals surface area contributed by atoms with E-state index in [4.69, 9.17) is 19.0 Å². The number of nitrogens with zero attached hydrogens (tertiary/aromatic N) is 2. The molecule has 2 amide bonds. The summed E-state index contributed by atoms with van der Waals surface area (Å²) in [6, 6.07) is 5.09. The number of rotatable bonds is 5. The maximum Gasteiger partial charge on any atom is 0.494 e. The van der Waals surface area contributed by atoms with Crippen LogP contribution < -0.4 is 10.8 Å². The van der Waals surface area contributed by atoms with Crippen LogP contribution in [-0.4, -0.2) is 64.9 Å². The fourth-order valence-corrected chi connectivity index (χ4v) is 4.52. The number of nitrogens with one attached hydrogen (secondary N) is 2. The molecule has 9 nitrogen and oxygen atoms in total. The van der Waals surface area contributed by atoms with Gasteiger partial charge in [0.15, 0.2) is 0 Å². The van der Waals surface area contributed by atoms with Crippen molar-refractivity contribution in [3.63, 3.8) is 0 Å². The number of amides is 2. The highest BCUT2D eigenvalue weighted by Crippen LogP contribution is 2.37. The molecule has 34 heavy (non-hydrogen) atoms. The number of carbonyl (C=O) groups excluding carboxylic acids is 2. The van der Waals surface area contributed by atoms with Crippen LogP contribution in [0.4, 0.5) is 4.79 Å². The minimum absolute atomic E-state index is 0.0778. The summed E-state index contributed by atoms with van der Waals surface area (Å²) < 4.78 is 17.1. The fraction of sp³-hybridized carbons (Fsp3) is 0.625. The quantitative estimate of drug-likeness (QED) is 0.652. The summed E-state index contributed by atoms with van der Waals surface area (Å²) in [6.45, 7) is 12.6. The lowest BCUT2D eigenvalue weighted by molar-refractivity contribution is -0.135. The van der Waals surface area contributed by atoms with Crippen LogP contribution in [0.3, 0.4) is 0 Å². The Morgan fingerprint density at radius 3 is 2.53 bits per heavy atom. The van der Waals surface area contributed by atoms with Gasteiger partial charge in [0.1, 0.15) is 11.9 Å². The molecule has 2 saturated heterocycles. The van der Waals surface area contributed by atoms with Crippen molar-refractivity contribution in [3.05, 3.63) is 24.0 Å². The minimum atomic E-state index is -0.660. The molecule has 0 spiro atoms. The van der Waals surface area contributed by atoms with Crippen molar-refractivity contribution in [2.45, 2.75) is 77.7 Å². The molecule has 2 atom stereocenters. The van der Waals surface area contributed by atoms with Gasteiger partial charge < -0.3 is 29.2 Å². The third-order valence-electron chi connectivity index (χ3n) is 7.29. The summed E-state index contributed by atoms with van der Waals surface area (Å²) in [5, 5.41) is 2.68. The first-order chi connectivity index (χ1) is 15.9. The molecule has 2 fully saturated rings. The van der Waals surface area contributed by atoms with Crippen LogP contribution in [0.15, 0.2) is 18.2 Å². The lowest BCUT2D eigenvalue weighted by Gasteiger charge is -2.32. The first kappa shape index (κ1) is 24.5. The Bertz CT molecular complexity index is 1070. The fourth-order valence-electron chi connectivity index (χ4n) is 4.52. The number of aromatic nitrogens is 2. The zero-order valence-electron chi connectivity index (χ0n) is 21.1. The number of H-pyrrole nitrogens is 1. The predicted molar refractivity (Wildman–Crippen MR) is 130 cm³/mol. The van der Waals surface area contributed by atoms with Gasteiger partial charge in [0, 0.05) is 6.54 Å². The Morgan fingerprint density at radius 2 is 1.91 bits per heavy atom. The Morgan fingerprint density at radius 1 is 1.24 bits per heavy atom. The van der Waals surface area contributed by atoms with Gasteiger partial charge in [-0.3, -0.25) is 4.79 Å². The zero-order chi connectivity index (χ0) is 24.8. The number of likely N-dealkylation sites (tertiary alicyclic amines) is 1. The first-order valence-corrected chi connectivity index (χ1v) is 11.9. The average molecular weight is 470 g/mol. The number of hydrogen-bond acceptors (Lipinski definition) is 6. The molecule has 0 saturated carbocycles. The molecule has 3 heterocycles. The summed E-state index contributed by atoms with van der Waals surface area (Å²) in [5.41, 5.74) is 1.78. The number of ether oxygens (including phenoxy) is 1. The molecule has 10 heteroatoms. The summed E-state index contributed by atoms with van der Waals surface area (Å²) in [7, 11) is 0.837. The van der Waals surface area contributed by atoms with Crippen molar-refractivity contribution in [2.24, 2.45) is 5.92 Å². The lowest BCUT2D eigenvalue weighted by Crippen LogP contribution is -2.51. The van der Waals surface area contributed by atoms with E-state index >= 15 is 0 Å². The summed E-state index contributed by atoms with van der Waals surface area (Å²) in [4.78, 5) is 35.2. The number of imidazole rings is 1. The molecule has 1 aromatic carbocycles. The Balaban J connectivity index is 1.57. The summed E-state index contributed by atoms with van der Waals surface area (Å²) in [6.07, 6.45) is 1.07. The second kappa shape index (κ2) is 8.89. The standard InChI is InChI=1S/C24H35BN4O5/c1-14(2)19(28-22(31)32-7)21(30)29-12-8-9-18(29)20-26-16-11-10-15(13-17(16)27-20)25-33-23(3,4)24(5,6)34-25/h10-11,13-14,18-19H,8-9,12H2,1-7H3,(H,26,27)(H,28,31). The van der Waals surface area contributed by atoms with E-state index in [1.165, 1.54) is 7.11 Å². The topological polar surface area (TPSA) is 106 Å². The molecule has 0 radical (unpaired) electrons. The van der Waals surface area contributed by atoms with Gasteiger partial charge in [-0.15, -0.1) is 0 Å². The molecule has 2 unspecified atom stereocenters. The largest absolute Gasteiger partial charge is 0.494 e. The summed E-state index contributed by atoms with van der Waals surface area (Å²) in [5.74, 6) is 0.541. The zero-order valence-corrected chi connectivity index (χ0v) is 21.1. The molecule has 0 bridgehead atoms. The van der Waals surface area contributed by atoms with Gasteiger partial charge in [-0.1, -0.05) is 19.9 Å². The molecular weight excluding hydrogens is 435 g/mol. The number of hydrogen-bond donors (Lipinski definition) is 2. The van der Waals surface area contributed by atoms with E-state index in [9.17, 15) is 9.59 Å². The van der Waals surface area contributed by atoms with Crippen molar-refractivity contribution in [1.82, 2.24) is 20.2 Å². The molecule has 2 aliphatic heterocycles. The lowest BCUT2D eigenvalue weighted by atomic mass is 9.79. The third kappa shape index (κ3) is 4.41. The SMILES string of the molecule is COC(=O)NC(C(=O)N1CCCC1c1nc2ccc(B3OC(C)(C)C(C)(C)O3)cc2[nH]1)C(C)C. The Kier molecular flexibility index (Phi) is 6.41. The number of carbonyl (C=O) groups is 2. The van der Waals surface area contributed by atoms with E-state index in [-0.39, 0.29) is 17.9 Å². The Labute approximate surface area is 201 Å². The van der Waals surface area contributed by atoms with Gasteiger partial charge in [-0.25, -0.2) is 9.78 Å². The molecule has 1 aromatic heterocycles. The number of methoxy groups -OCH3 is 1. The van der Waals surface area contributed by atoms with Gasteiger partial charge in [0.05, 0.1) is 35.4 Å². The number of fused-ring (bicyclic) bond motifs is 1. The van der Waals surface area contributed by atoms with E-state index < -0.39 is 30.5 Å². The van der Waals surface area contributed by atoms with Crippen molar-refractivity contribution in [1.29, 1.82) is 0 Å². The van der Waals surface area contributed by atoms with Crippen LogP contribution in [0.5, 0.6) is 0 Å². The van der Waals surface area contributed by atoms with E-state index in [1.807, 2.05) is 64.6 Å². The van der Waals surface area contributed by atoms with E-state index in [0.717, 1.165) is 35.2 Å². The second-order valence-corrected chi connectivity index (χ2v) is 10.5. The molecular formula is C24H35BN4O5. The van der Waals surface area contributed by atoms with Crippen LogP contribution >= 0.6 is 0 Å². The Hall–Kier alpha value is -2.59. The van der Waals surface area contributed by atoms with E-state index in [2.05, 4.69) is 10.3 Å². The second-order valence-electron chi connectivity index (χ2n) is 10.5. The normalized spacial score (nSPS) is 22.4. The van der Waals surface area contributed by atoms with Crippen molar-refractivity contribution >= 4 is 35.6 Å². The van der Waals surface area contributed by atoms with Crippen molar-refractivity contribution in [2.75, 3.05) is 13.7 Å². The molecule has 2 aliphatic rings. The average Bonchev–Trinajstić information content (AvgIpc) is 3.46. The van der Waals surface area contributed by atoms with Crippen LogP contribution in [0.2, 0.25) is 0 Å². The van der Waals surface area contributed by atoms with Crippen LogP contribution in [0, 0.1) is 5.92 Å². The van der Waals surface area contributed by atoms with Crippen LogP contribution in [-0.2, 0) is 18.8 Å². The predicted octanol–water partition coefficient (Wildman–Crippen LogP) is 2.91. The van der Waals surface area contributed by atoms with Gasteiger partial charge in [0.25, 0.3) is 0 Å². The summed E-state index contributed by atoms with van der Waals surface area (Å²) >= 11 is 0. The van der Waals surface area contributed by atoms with Gasteiger partial charge >= 0.3 is 13.2 Å². The number of alkyl carbamates (subject to hydrolysis) is 1. The van der Waals surface area contributed by atoms with Gasteiger partial charge in [0.2, 0.25) is 5.91 Å². The molecule has 184 valence electrons. The van der Waals surface area contributed by atoms with Crippen molar-refractivity contribution in [3.8, 4) is 0 Å². The monoisotopic (exact) mass is 470 g/mol.